The Morgan fingerprint density at radius 3 is 3.00 bits per heavy atom. The highest BCUT2D eigenvalue weighted by atomic mass is 32.2. The highest BCUT2D eigenvalue weighted by molar-refractivity contribution is 8.14. The van der Waals surface area contributed by atoms with Gasteiger partial charge >= 0.3 is 11.8 Å². The number of amides is 2. The number of likely N-dealkylation sites (tertiary alicyclic amines) is 1. The molecule has 0 aromatic carbocycles. The molecular weight excluding hydrogens is 266 g/mol. The molecule has 0 aromatic rings. The molecule has 6 nitrogen and oxygen atoms in total. The number of aliphatic hydroxyl groups excluding tert-OH is 1. The predicted molar refractivity (Wildman–Crippen MR) is 74.0 cm³/mol. The molecule has 7 heteroatoms. The second-order valence-corrected chi connectivity index (χ2v) is 5.73. The molecule has 1 atom stereocenters. The lowest BCUT2D eigenvalue weighted by atomic mass is 9.99. The van der Waals surface area contributed by atoms with Gasteiger partial charge in [-0.15, -0.1) is 0 Å². The van der Waals surface area contributed by atoms with Crippen LogP contribution in [0.1, 0.15) is 25.7 Å². The summed E-state index contributed by atoms with van der Waals surface area (Å²) in [6.45, 7) is 1.32. The fourth-order valence-corrected chi connectivity index (χ4v) is 3.13. The van der Waals surface area contributed by atoms with Gasteiger partial charge in [0.05, 0.1) is 6.54 Å². The van der Waals surface area contributed by atoms with Crippen LogP contribution in [0.4, 0.5) is 0 Å². The first-order valence-corrected chi connectivity index (χ1v) is 7.61. The van der Waals surface area contributed by atoms with Crippen LogP contribution in [0, 0.1) is 0 Å². The number of carbonyl (C=O) groups excluding carboxylic acids is 2. The number of piperidine rings is 1. The number of carbonyl (C=O) groups is 2. The summed E-state index contributed by atoms with van der Waals surface area (Å²) in [5.41, 5.74) is 0. The molecule has 0 spiro atoms. The number of hydrogen-bond acceptors (Lipinski definition) is 5. The second-order valence-electron chi connectivity index (χ2n) is 4.65. The first-order chi connectivity index (χ1) is 9.22. The van der Waals surface area contributed by atoms with Crippen LogP contribution >= 0.6 is 11.8 Å². The lowest BCUT2D eigenvalue weighted by Gasteiger charge is -2.34. The van der Waals surface area contributed by atoms with Gasteiger partial charge in [-0.05, 0) is 25.7 Å². The standard InChI is InChI=1S/C12H19N3O3S/c16-7-4-9-3-1-2-6-15(9)11(18)10(17)14-12-13-5-8-19-12/h9,16H,1-8H2,(H,13,14,17). The van der Waals surface area contributed by atoms with Crippen molar-refractivity contribution >= 4 is 28.7 Å². The molecule has 19 heavy (non-hydrogen) atoms. The van der Waals surface area contributed by atoms with E-state index in [4.69, 9.17) is 5.11 Å². The van der Waals surface area contributed by atoms with Crippen molar-refractivity contribution in [1.82, 2.24) is 10.2 Å². The van der Waals surface area contributed by atoms with Crippen molar-refractivity contribution in [3.05, 3.63) is 0 Å². The molecule has 2 aliphatic rings. The average Bonchev–Trinajstić information content (AvgIpc) is 2.92. The normalized spacial score (nSPS) is 23.1. The summed E-state index contributed by atoms with van der Waals surface area (Å²) in [7, 11) is 0. The molecule has 106 valence electrons. The fraction of sp³-hybridized carbons (Fsp3) is 0.750. The zero-order valence-electron chi connectivity index (χ0n) is 10.8. The van der Waals surface area contributed by atoms with E-state index in [0.717, 1.165) is 25.0 Å². The molecule has 2 amide bonds. The van der Waals surface area contributed by atoms with E-state index in [1.54, 1.807) is 4.90 Å². The van der Waals surface area contributed by atoms with E-state index in [0.29, 0.717) is 24.7 Å². The van der Waals surface area contributed by atoms with E-state index in [1.165, 1.54) is 11.8 Å². The molecular formula is C12H19N3O3S. The first-order valence-electron chi connectivity index (χ1n) is 6.62. The third-order valence-electron chi connectivity index (χ3n) is 3.35. The Bertz CT molecular complexity index is 384. The van der Waals surface area contributed by atoms with E-state index in [9.17, 15) is 9.59 Å². The molecule has 0 aromatic heterocycles. The molecule has 2 N–H and O–H groups in total. The Hall–Kier alpha value is -1.08. The van der Waals surface area contributed by atoms with Gasteiger partial charge in [-0.3, -0.25) is 19.9 Å². The third-order valence-corrected chi connectivity index (χ3v) is 4.24. The maximum atomic E-state index is 12.1. The molecule has 0 saturated carbocycles. The van der Waals surface area contributed by atoms with Crippen LogP contribution in [0.5, 0.6) is 0 Å². The zero-order chi connectivity index (χ0) is 13.7. The van der Waals surface area contributed by atoms with Crippen molar-refractivity contribution in [2.75, 3.05) is 25.4 Å². The molecule has 2 rings (SSSR count). The summed E-state index contributed by atoms with van der Waals surface area (Å²) in [4.78, 5) is 29.7. The number of rotatable bonds is 2. The van der Waals surface area contributed by atoms with Crippen molar-refractivity contribution in [2.45, 2.75) is 31.7 Å². The number of aliphatic hydroxyl groups is 1. The molecule has 2 heterocycles. The summed E-state index contributed by atoms with van der Waals surface area (Å²) in [5, 5.41) is 12.1. The van der Waals surface area contributed by atoms with E-state index in [1.807, 2.05) is 0 Å². The molecule has 0 aliphatic carbocycles. The number of thioether (sulfide) groups is 1. The van der Waals surface area contributed by atoms with Crippen LogP contribution in [0.3, 0.4) is 0 Å². The van der Waals surface area contributed by atoms with Gasteiger partial charge in [-0.1, -0.05) is 11.8 Å². The van der Waals surface area contributed by atoms with E-state index in [2.05, 4.69) is 10.3 Å². The predicted octanol–water partition coefficient (Wildman–Crippen LogP) is -0.0311. The van der Waals surface area contributed by atoms with Gasteiger partial charge in [0.15, 0.2) is 5.17 Å². The van der Waals surface area contributed by atoms with Crippen molar-refractivity contribution in [3.63, 3.8) is 0 Å². The lowest BCUT2D eigenvalue weighted by molar-refractivity contribution is -0.147. The van der Waals surface area contributed by atoms with E-state index in [-0.39, 0.29) is 12.6 Å². The molecule has 1 fully saturated rings. The van der Waals surface area contributed by atoms with Gasteiger partial charge in [0, 0.05) is 24.9 Å². The van der Waals surface area contributed by atoms with Crippen LogP contribution in [-0.2, 0) is 9.59 Å². The minimum absolute atomic E-state index is 0.0184. The number of nitrogens with zero attached hydrogens (tertiary/aromatic N) is 2. The van der Waals surface area contributed by atoms with Crippen LogP contribution < -0.4 is 5.32 Å². The van der Waals surface area contributed by atoms with Gasteiger partial charge < -0.3 is 10.0 Å². The maximum Gasteiger partial charge on any atom is 0.315 e. The number of amidine groups is 1. The number of hydrogen-bond donors (Lipinski definition) is 2. The zero-order valence-corrected chi connectivity index (χ0v) is 11.6. The summed E-state index contributed by atoms with van der Waals surface area (Å²) in [6, 6.07) is -0.0184. The van der Waals surface area contributed by atoms with Crippen LogP contribution in [0.2, 0.25) is 0 Å². The highest BCUT2D eigenvalue weighted by Crippen LogP contribution is 2.19. The number of nitrogens with one attached hydrogen (secondary N) is 1. The van der Waals surface area contributed by atoms with Crippen LogP contribution in [0.15, 0.2) is 4.99 Å². The fourth-order valence-electron chi connectivity index (χ4n) is 2.41. The highest BCUT2D eigenvalue weighted by Gasteiger charge is 2.31. The van der Waals surface area contributed by atoms with Gasteiger partial charge in [-0.25, -0.2) is 0 Å². The van der Waals surface area contributed by atoms with Crippen molar-refractivity contribution < 1.29 is 14.7 Å². The van der Waals surface area contributed by atoms with Gasteiger partial charge in [0.2, 0.25) is 0 Å². The summed E-state index contributed by atoms with van der Waals surface area (Å²) < 4.78 is 0. The lowest BCUT2D eigenvalue weighted by Crippen LogP contribution is -2.50. The second kappa shape index (κ2) is 6.91. The van der Waals surface area contributed by atoms with Crippen LogP contribution in [0.25, 0.3) is 0 Å². The minimum atomic E-state index is -0.613. The van der Waals surface area contributed by atoms with Crippen LogP contribution in [-0.4, -0.2) is 58.5 Å². The molecule has 0 radical (unpaired) electrons. The Labute approximate surface area is 116 Å². The Kier molecular flexibility index (Phi) is 5.21. The molecule has 1 unspecified atom stereocenters. The van der Waals surface area contributed by atoms with Gasteiger partial charge in [0.25, 0.3) is 0 Å². The van der Waals surface area contributed by atoms with Gasteiger partial charge in [-0.2, -0.15) is 0 Å². The quantitative estimate of drug-likeness (QED) is 0.698. The van der Waals surface area contributed by atoms with E-state index >= 15 is 0 Å². The number of aliphatic imine (C=N–C) groups is 1. The van der Waals surface area contributed by atoms with Crippen molar-refractivity contribution in [3.8, 4) is 0 Å². The topological polar surface area (TPSA) is 82.0 Å². The molecule has 2 aliphatic heterocycles. The summed E-state index contributed by atoms with van der Waals surface area (Å²) >= 11 is 1.45. The molecule has 0 bridgehead atoms. The minimum Gasteiger partial charge on any atom is -0.396 e. The molecule has 1 saturated heterocycles. The van der Waals surface area contributed by atoms with E-state index < -0.39 is 11.8 Å². The van der Waals surface area contributed by atoms with Crippen molar-refractivity contribution in [2.24, 2.45) is 4.99 Å². The average molecular weight is 285 g/mol. The SMILES string of the molecule is O=C(NC1=NCCS1)C(=O)N1CCCCC1CCO. The summed E-state index contributed by atoms with van der Waals surface area (Å²) in [5.74, 6) is -0.271. The smallest absolute Gasteiger partial charge is 0.315 e. The Balaban J connectivity index is 1.94. The monoisotopic (exact) mass is 285 g/mol. The van der Waals surface area contributed by atoms with Gasteiger partial charge in [0.1, 0.15) is 0 Å². The largest absolute Gasteiger partial charge is 0.396 e. The third kappa shape index (κ3) is 3.70. The Morgan fingerprint density at radius 1 is 1.47 bits per heavy atom. The summed E-state index contributed by atoms with van der Waals surface area (Å²) in [6.07, 6.45) is 3.35. The first kappa shape index (κ1) is 14.3. The Morgan fingerprint density at radius 2 is 2.32 bits per heavy atom. The maximum absolute atomic E-state index is 12.1. The van der Waals surface area contributed by atoms with Crippen molar-refractivity contribution in [1.29, 1.82) is 0 Å².